The molecule has 230 valence electrons. The van der Waals surface area contributed by atoms with E-state index in [-0.39, 0.29) is 17.7 Å². The van der Waals surface area contributed by atoms with Gasteiger partial charge in [-0.25, -0.2) is 14.7 Å². The quantitative estimate of drug-likeness (QED) is 0.200. The molecule has 8 nitrogen and oxygen atoms in total. The summed E-state index contributed by atoms with van der Waals surface area (Å²) < 4.78 is 42.7. The zero-order valence-electron chi connectivity index (χ0n) is 24.6. The summed E-state index contributed by atoms with van der Waals surface area (Å²) in [5.74, 6) is 0.637. The van der Waals surface area contributed by atoms with Gasteiger partial charge >= 0.3 is 6.36 Å². The van der Waals surface area contributed by atoms with Gasteiger partial charge in [-0.05, 0) is 73.7 Å². The van der Waals surface area contributed by atoms with Gasteiger partial charge in [-0.3, -0.25) is 15.0 Å². The highest BCUT2D eigenvalue weighted by Gasteiger charge is 2.32. The number of nitrogens with zero attached hydrogens (tertiary/aromatic N) is 5. The molecule has 0 bridgehead atoms. The molecule has 4 aromatic rings. The Morgan fingerprint density at radius 1 is 1.09 bits per heavy atom. The average molecular weight is 623 g/mol. The molecule has 2 heterocycles. The summed E-state index contributed by atoms with van der Waals surface area (Å²) in [7, 11) is 0. The Morgan fingerprint density at radius 3 is 2.55 bits per heavy atom. The molecule has 1 aromatic heterocycles. The first kappa shape index (κ1) is 31.3. The molecule has 1 unspecified atom stereocenters. The molecule has 1 fully saturated rings. The molecule has 0 radical (unpaired) electrons. The average Bonchev–Trinajstić information content (AvgIpc) is 3.61. The van der Waals surface area contributed by atoms with Gasteiger partial charge in [-0.15, -0.1) is 18.3 Å². The molecule has 5 rings (SSSR count). The van der Waals surface area contributed by atoms with Crippen molar-refractivity contribution in [3.8, 4) is 22.8 Å². The molecule has 0 spiro atoms. The van der Waals surface area contributed by atoms with E-state index in [1.807, 2.05) is 31.2 Å². The number of hydrogen-bond donors (Lipinski definition) is 1. The van der Waals surface area contributed by atoms with Crippen molar-refractivity contribution in [1.82, 2.24) is 20.1 Å². The Labute approximate surface area is 258 Å². The minimum absolute atomic E-state index is 0.0533. The maximum absolute atomic E-state index is 12.8. The van der Waals surface area contributed by atoms with Gasteiger partial charge in [0.25, 0.3) is 0 Å². The third-order valence-electron chi connectivity index (χ3n) is 7.00. The van der Waals surface area contributed by atoms with E-state index < -0.39 is 6.36 Å². The standard InChI is InChI=1S/C32H33F3N6O2S/c1-4-5-24-9-6-21(2)16-28(24)41-29(42)18-44-31(41)37-19-36-22(3)17-23-7-10-25(11-8-23)30-38-20-40(39-30)26-12-14-27(15-13-26)43-32(33,34)35/h6-16,20,22,36H,4-5,17-19H2,1-3H3. The molecule has 1 atom stereocenters. The third-order valence-corrected chi connectivity index (χ3v) is 7.96. The van der Waals surface area contributed by atoms with Crippen molar-refractivity contribution in [1.29, 1.82) is 0 Å². The van der Waals surface area contributed by atoms with Crippen molar-refractivity contribution < 1.29 is 22.7 Å². The van der Waals surface area contributed by atoms with Crippen molar-refractivity contribution in [2.45, 2.75) is 52.4 Å². The third kappa shape index (κ3) is 7.86. The van der Waals surface area contributed by atoms with E-state index >= 15 is 0 Å². The fourth-order valence-electron chi connectivity index (χ4n) is 4.88. The number of carbonyl (C=O) groups is 1. The van der Waals surface area contributed by atoms with Crippen molar-refractivity contribution in [3.63, 3.8) is 0 Å². The summed E-state index contributed by atoms with van der Waals surface area (Å²) in [5, 5.41) is 8.63. The number of aromatic nitrogens is 3. The molecular formula is C32H33F3N6O2S. The number of amides is 1. The summed E-state index contributed by atoms with van der Waals surface area (Å²) in [5.41, 5.74) is 5.69. The monoisotopic (exact) mass is 622 g/mol. The summed E-state index contributed by atoms with van der Waals surface area (Å²) in [6, 6.07) is 19.7. The summed E-state index contributed by atoms with van der Waals surface area (Å²) in [4.78, 5) is 23.7. The molecule has 3 aromatic carbocycles. The maximum Gasteiger partial charge on any atom is 0.573 e. The van der Waals surface area contributed by atoms with Crippen LogP contribution in [0.5, 0.6) is 5.75 Å². The van der Waals surface area contributed by atoms with E-state index in [1.165, 1.54) is 47.0 Å². The predicted molar refractivity (Wildman–Crippen MR) is 167 cm³/mol. The first-order chi connectivity index (χ1) is 21.1. The second kappa shape index (κ2) is 13.6. The minimum atomic E-state index is -4.74. The molecule has 1 saturated heterocycles. The van der Waals surface area contributed by atoms with Gasteiger partial charge in [0.1, 0.15) is 12.1 Å². The summed E-state index contributed by atoms with van der Waals surface area (Å²) in [6.07, 6.45) is -0.555. The highest BCUT2D eigenvalue weighted by Crippen LogP contribution is 2.31. The number of rotatable bonds is 11. The number of ether oxygens (including phenoxy) is 1. The van der Waals surface area contributed by atoms with Crippen LogP contribution in [0, 0.1) is 6.92 Å². The van der Waals surface area contributed by atoms with E-state index in [0.717, 1.165) is 52.4 Å². The molecule has 1 N–H and O–H groups in total. The number of halogens is 3. The second-order valence-corrected chi connectivity index (χ2v) is 11.5. The number of carbonyl (C=O) groups excluding carboxylic acids is 1. The van der Waals surface area contributed by atoms with E-state index in [9.17, 15) is 18.0 Å². The van der Waals surface area contributed by atoms with Gasteiger partial charge in [0.2, 0.25) is 5.91 Å². The number of hydrogen-bond acceptors (Lipinski definition) is 7. The van der Waals surface area contributed by atoms with E-state index in [1.54, 1.807) is 4.90 Å². The lowest BCUT2D eigenvalue weighted by molar-refractivity contribution is -0.274. The Morgan fingerprint density at radius 2 is 1.84 bits per heavy atom. The topological polar surface area (TPSA) is 84.6 Å². The van der Waals surface area contributed by atoms with Crippen molar-refractivity contribution in [3.05, 3.63) is 89.7 Å². The zero-order chi connectivity index (χ0) is 31.3. The maximum atomic E-state index is 12.8. The largest absolute Gasteiger partial charge is 0.573 e. The van der Waals surface area contributed by atoms with Gasteiger partial charge in [0.15, 0.2) is 11.0 Å². The Bertz CT molecular complexity index is 1620. The first-order valence-corrected chi connectivity index (χ1v) is 15.3. The number of thioether (sulfide) groups is 1. The fraction of sp³-hybridized carbons (Fsp3) is 0.312. The number of alkyl halides is 3. The number of nitrogens with one attached hydrogen (secondary N) is 1. The highest BCUT2D eigenvalue weighted by molar-refractivity contribution is 8.15. The molecule has 12 heteroatoms. The predicted octanol–water partition coefficient (Wildman–Crippen LogP) is 6.71. The molecule has 1 aliphatic heterocycles. The highest BCUT2D eigenvalue weighted by atomic mass is 32.2. The number of aliphatic imine (C=N–C) groups is 1. The number of anilines is 1. The molecule has 44 heavy (non-hydrogen) atoms. The van der Waals surface area contributed by atoms with E-state index in [2.05, 4.69) is 52.2 Å². The van der Waals surface area contributed by atoms with Crippen LogP contribution in [-0.4, -0.2) is 50.7 Å². The Kier molecular flexibility index (Phi) is 9.70. The lowest BCUT2D eigenvalue weighted by atomic mass is 10.0. The zero-order valence-corrected chi connectivity index (χ0v) is 25.5. The van der Waals surface area contributed by atoms with Crippen LogP contribution in [0.25, 0.3) is 17.1 Å². The number of amidine groups is 1. The lowest BCUT2D eigenvalue weighted by Gasteiger charge is -2.21. The second-order valence-electron chi connectivity index (χ2n) is 10.6. The van der Waals surface area contributed by atoms with Crippen LogP contribution in [-0.2, 0) is 17.6 Å². The van der Waals surface area contributed by atoms with Crippen LogP contribution in [0.15, 0.2) is 78.0 Å². The van der Waals surface area contributed by atoms with Crippen LogP contribution >= 0.6 is 11.8 Å². The van der Waals surface area contributed by atoms with Crippen molar-refractivity contribution in [2.24, 2.45) is 4.99 Å². The van der Waals surface area contributed by atoms with Gasteiger partial charge < -0.3 is 4.74 Å². The fourth-order valence-corrected chi connectivity index (χ4v) is 5.75. The first-order valence-electron chi connectivity index (χ1n) is 14.3. The van der Waals surface area contributed by atoms with Gasteiger partial charge in [0.05, 0.1) is 23.8 Å². The van der Waals surface area contributed by atoms with E-state index in [0.29, 0.717) is 23.9 Å². The minimum Gasteiger partial charge on any atom is -0.406 e. The summed E-state index contributed by atoms with van der Waals surface area (Å²) >= 11 is 1.47. The van der Waals surface area contributed by atoms with Crippen LogP contribution in [0.2, 0.25) is 0 Å². The van der Waals surface area contributed by atoms with E-state index in [4.69, 9.17) is 4.99 Å². The van der Waals surface area contributed by atoms with Crippen LogP contribution < -0.4 is 15.0 Å². The van der Waals surface area contributed by atoms with Crippen molar-refractivity contribution in [2.75, 3.05) is 17.3 Å². The summed E-state index contributed by atoms with van der Waals surface area (Å²) in [6.45, 7) is 6.65. The number of aryl methyl sites for hydroxylation is 2. The SMILES string of the molecule is CCCc1ccc(C)cc1N1C(=O)CSC1=NCNC(C)Cc1ccc(-c2ncn(-c3ccc(OC(F)(F)F)cc3)n2)cc1. The van der Waals surface area contributed by atoms with Gasteiger partial charge in [-0.1, -0.05) is 61.5 Å². The molecule has 0 saturated carbocycles. The van der Waals surface area contributed by atoms with Crippen molar-refractivity contribution >= 4 is 28.5 Å². The lowest BCUT2D eigenvalue weighted by Crippen LogP contribution is -2.33. The van der Waals surface area contributed by atoms with Gasteiger partial charge in [-0.2, -0.15) is 0 Å². The number of benzene rings is 3. The molecule has 1 aliphatic rings. The Balaban J connectivity index is 1.17. The smallest absolute Gasteiger partial charge is 0.406 e. The molecule has 1 amide bonds. The van der Waals surface area contributed by atoms with Crippen LogP contribution in [0.4, 0.5) is 18.9 Å². The molecular weight excluding hydrogens is 589 g/mol. The Hall–Kier alpha value is -4.16. The normalized spacial score (nSPS) is 15.3. The van der Waals surface area contributed by atoms with Gasteiger partial charge in [0, 0.05) is 11.6 Å². The van der Waals surface area contributed by atoms with Crippen LogP contribution in [0.3, 0.4) is 0 Å². The molecule has 0 aliphatic carbocycles. The van der Waals surface area contributed by atoms with Crippen LogP contribution in [0.1, 0.15) is 37.0 Å².